The Morgan fingerprint density at radius 3 is 1.92 bits per heavy atom. The Labute approximate surface area is 75.5 Å². The average molecular weight is 157 g/mol. The highest BCUT2D eigenvalue weighted by molar-refractivity contribution is 6.77. The molecule has 12 heavy (non-hydrogen) atoms. The molecule has 1 fully saturated rings. The standard InChI is InChI=1S/C6H10B3N3/c1-4-9-11(5-2)7-10-8-12(9)6-3/h4-6,10H,1-3H2. The van der Waals surface area contributed by atoms with Crippen LogP contribution >= 0.6 is 0 Å². The molecule has 1 N–H and O–H groups in total. The largest absolute Gasteiger partial charge is 0.436 e. The predicted molar refractivity (Wildman–Crippen MR) is 54.7 cm³/mol. The van der Waals surface area contributed by atoms with E-state index in [0.29, 0.717) is 0 Å². The highest BCUT2D eigenvalue weighted by atomic mass is 15.2. The number of nitrogens with one attached hydrogen (secondary N) is 1. The monoisotopic (exact) mass is 157 g/mol. The molecule has 3 nitrogen and oxygen atoms in total. The van der Waals surface area contributed by atoms with Crippen molar-refractivity contribution < 1.29 is 0 Å². The van der Waals surface area contributed by atoms with Crippen molar-refractivity contribution in [2.24, 2.45) is 0 Å². The molecular formula is C6H10B3N3. The Morgan fingerprint density at radius 1 is 1.08 bits per heavy atom. The van der Waals surface area contributed by atoms with Gasteiger partial charge in [-0.05, 0) is 12.4 Å². The van der Waals surface area contributed by atoms with Crippen LogP contribution in [0, 0.1) is 0 Å². The van der Waals surface area contributed by atoms with Crippen LogP contribution in [0.2, 0.25) is 0 Å². The first-order valence-corrected chi connectivity index (χ1v) is 3.68. The summed E-state index contributed by atoms with van der Waals surface area (Å²) in [7, 11) is 3.64. The summed E-state index contributed by atoms with van der Waals surface area (Å²) in [5, 5.41) is 2.96. The molecule has 1 aliphatic rings. The molecule has 0 bridgehead atoms. The van der Waals surface area contributed by atoms with Gasteiger partial charge >= 0.3 is 22.1 Å². The molecular weight excluding hydrogens is 147 g/mol. The van der Waals surface area contributed by atoms with E-state index in [4.69, 9.17) is 0 Å². The Bertz CT molecular complexity index is 180. The molecule has 58 valence electrons. The van der Waals surface area contributed by atoms with Crippen LogP contribution in [-0.2, 0) is 0 Å². The second-order valence-corrected chi connectivity index (χ2v) is 2.33. The molecule has 6 heteroatoms. The van der Waals surface area contributed by atoms with E-state index in [9.17, 15) is 0 Å². The smallest absolute Gasteiger partial charge is 0.377 e. The minimum atomic E-state index is 0.0706. The summed E-state index contributed by atoms with van der Waals surface area (Å²) in [5.74, 6) is 1.82. The van der Waals surface area contributed by atoms with E-state index in [1.807, 2.05) is 30.5 Å². The molecule has 0 saturated carbocycles. The zero-order valence-corrected chi connectivity index (χ0v) is 6.98. The van der Waals surface area contributed by atoms with Gasteiger partial charge in [-0.1, -0.05) is 19.1 Å². The second kappa shape index (κ2) is 4.11. The lowest BCUT2D eigenvalue weighted by Gasteiger charge is -2.37. The third-order valence-corrected chi connectivity index (χ3v) is 1.69. The van der Waals surface area contributed by atoms with Crippen molar-refractivity contribution >= 4 is 22.1 Å². The maximum Gasteiger partial charge on any atom is 0.377 e. The Hall–Kier alpha value is -1.03. The van der Waals surface area contributed by atoms with Crippen LogP contribution in [0.15, 0.2) is 38.1 Å². The Kier molecular flexibility index (Phi) is 3.11. The normalized spacial score (nSPS) is 16.2. The van der Waals surface area contributed by atoms with Crippen LogP contribution in [0.4, 0.5) is 0 Å². The van der Waals surface area contributed by atoms with E-state index < -0.39 is 0 Å². The van der Waals surface area contributed by atoms with Gasteiger partial charge in [-0.3, -0.25) is 0 Å². The van der Waals surface area contributed by atoms with Crippen LogP contribution in [0.5, 0.6) is 0 Å². The van der Waals surface area contributed by atoms with E-state index in [1.165, 1.54) is 0 Å². The van der Waals surface area contributed by atoms with E-state index in [2.05, 4.69) is 24.9 Å². The van der Waals surface area contributed by atoms with Crippen molar-refractivity contribution in [2.75, 3.05) is 0 Å². The highest BCUT2D eigenvalue weighted by Crippen LogP contribution is 2.03. The number of nitrogens with zero attached hydrogens (tertiary/aromatic N) is 2. The molecule has 1 heterocycles. The van der Waals surface area contributed by atoms with Crippen molar-refractivity contribution in [3.63, 3.8) is 0 Å². The van der Waals surface area contributed by atoms with E-state index in [1.54, 1.807) is 12.4 Å². The SMILES string of the molecule is C=CB1N(C=C)[B]N[B]N1C=C. The van der Waals surface area contributed by atoms with Gasteiger partial charge in [-0.2, -0.15) is 0 Å². The zero-order valence-electron chi connectivity index (χ0n) is 6.98. The van der Waals surface area contributed by atoms with Crippen molar-refractivity contribution in [3.05, 3.63) is 38.1 Å². The van der Waals surface area contributed by atoms with Crippen LogP contribution in [0.25, 0.3) is 0 Å². The maximum absolute atomic E-state index is 3.73. The van der Waals surface area contributed by atoms with E-state index in [-0.39, 0.29) is 6.98 Å². The minimum Gasteiger partial charge on any atom is -0.436 e. The topological polar surface area (TPSA) is 18.5 Å². The summed E-state index contributed by atoms with van der Waals surface area (Å²) < 4.78 is 3.80. The third-order valence-electron chi connectivity index (χ3n) is 1.69. The van der Waals surface area contributed by atoms with Crippen LogP contribution in [0.1, 0.15) is 0 Å². The first-order valence-electron chi connectivity index (χ1n) is 3.68. The molecule has 0 spiro atoms. The summed E-state index contributed by atoms with van der Waals surface area (Å²) >= 11 is 0. The lowest BCUT2D eigenvalue weighted by molar-refractivity contribution is 0.745. The lowest BCUT2D eigenvalue weighted by Crippen LogP contribution is -2.62. The molecule has 0 amide bonds. The van der Waals surface area contributed by atoms with Gasteiger partial charge < -0.3 is 14.6 Å². The Balaban J connectivity index is 2.70. The molecule has 0 unspecified atom stereocenters. The fourth-order valence-electron chi connectivity index (χ4n) is 1.08. The zero-order chi connectivity index (χ0) is 8.97. The molecule has 0 atom stereocenters. The van der Waals surface area contributed by atoms with Crippen molar-refractivity contribution in [3.8, 4) is 0 Å². The number of rotatable bonds is 3. The van der Waals surface area contributed by atoms with Gasteiger partial charge in [0.15, 0.2) is 0 Å². The first-order chi connectivity index (χ1) is 5.83. The van der Waals surface area contributed by atoms with Gasteiger partial charge in [0.25, 0.3) is 0 Å². The summed E-state index contributed by atoms with van der Waals surface area (Å²) in [5.41, 5.74) is 0. The molecule has 2 radical (unpaired) electrons. The van der Waals surface area contributed by atoms with E-state index >= 15 is 0 Å². The minimum absolute atomic E-state index is 0.0706. The quantitative estimate of drug-likeness (QED) is 0.570. The summed E-state index contributed by atoms with van der Waals surface area (Å²) in [6.07, 6.45) is 3.45. The van der Waals surface area contributed by atoms with Gasteiger partial charge in [0, 0.05) is 0 Å². The second-order valence-electron chi connectivity index (χ2n) is 2.33. The number of hydrogen-bond donors (Lipinski definition) is 1. The molecule has 0 aromatic carbocycles. The first kappa shape index (κ1) is 9.07. The highest BCUT2D eigenvalue weighted by Gasteiger charge is 2.28. The van der Waals surface area contributed by atoms with Gasteiger partial charge in [0.2, 0.25) is 0 Å². The molecule has 0 aromatic heterocycles. The van der Waals surface area contributed by atoms with Crippen LogP contribution < -0.4 is 5.14 Å². The van der Waals surface area contributed by atoms with Crippen molar-refractivity contribution in [2.45, 2.75) is 0 Å². The van der Waals surface area contributed by atoms with Crippen molar-refractivity contribution in [1.29, 1.82) is 0 Å². The van der Waals surface area contributed by atoms with Gasteiger partial charge in [0.05, 0.1) is 0 Å². The molecule has 1 saturated heterocycles. The average Bonchev–Trinajstić information content (AvgIpc) is 2.16. The third kappa shape index (κ3) is 1.59. The molecule has 1 rings (SSSR count). The molecule has 0 aromatic rings. The van der Waals surface area contributed by atoms with Gasteiger partial charge in [-0.25, -0.2) is 0 Å². The summed E-state index contributed by atoms with van der Waals surface area (Å²) in [6.45, 7) is 11.2. The maximum atomic E-state index is 3.73. The van der Waals surface area contributed by atoms with Gasteiger partial charge in [-0.15, -0.1) is 6.58 Å². The Morgan fingerprint density at radius 2 is 1.58 bits per heavy atom. The van der Waals surface area contributed by atoms with Crippen molar-refractivity contribution in [1.82, 2.24) is 14.6 Å². The number of hydrogen-bond acceptors (Lipinski definition) is 3. The molecule has 1 aliphatic heterocycles. The predicted octanol–water partition coefficient (Wildman–Crippen LogP) is -0.238. The fraction of sp³-hybridized carbons (Fsp3) is 0. The summed E-state index contributed by atoms with van der Waals surface area (Å²) in [4.78, 5) is 0. The van der Waals surface area contributed by atoms with Crippen LogP contribution in [0.3, 0.4) is 0 Å². The fourth-order valence-corrected chi connectivity index (χ4v) is 1.08. The van der Waals surface area contributed by atoms with E-state index in [0.717, 1.165) is 0 Å². The lowest BCUT2D eigenvalue weighted by atomic mass is 9.60. The summed E-state index contributed by atoms with van der Waals surface area (Å²) in [6, 6.07) is 0. The van der Waals surface area contributed by atoms with Crippen LogP contribution in [-0.4, -0.2) is 31.5 Å². The molecule has 0 aliphatic carbocycles. The van der Waals surface area contributed by atoms with Gasteiger partial charge in [0.1, 0.15) is 0 Å².